The highest BCUT2D eigenvalue weighted by Gasteiger charge is 2.35. The van der Waals surface area contributed by atoms with Gasteiger partial charge in [0.15, 0.2) is 0 Å². The lowest BCUT2D eigenvalue weighted by Gasteiger charge is -2.16. The number of halogens is 2. The number of hydrogen-bond donors (Lipinski definition) is 3. The van der Waals surface area contributed by atoms with E-state index in [0.29, 0.717) is 15.2 Å². The summed E-state index contributed by atoms with van der Waals surface area (Å²) < 4.78 is 5.73. The van der Waals surface area contributed by atoms with Crippen molar-refractivity contribution in [2.24, 2.45) is 5.92 Å². The van der Waals surface area contributed by atoms with Crippen molar-refractivity contribution in [1.29, 1.82) is 0 Å². The lowest BCUT2D eigenvalue weighted by molar-refractivity contribution is -0.142. The van der Waals surface area contributed by atoms with Crippen LogP contribution in [0.15, 0.2) is 22.7 Å². The Bertz CT molecular complexity index is 540. The molecule has 1 fully saturated rings. The quantitative estimate of drug-likeness (QED) is 0.769. The summed E-state index contributed by atoms with van der Waals surface area (Å²) in [4.78, 5) is 22.8. The summed E-state index contributed by atoms with van der Waals surface area (Å²) in [5.41, 5.74) is 0.546. The maximum absolute atomic E-state index is 11.8. The number of carboxylic acid groups (broad SMARTS) is 1. The number of rotatable bonds is 3. The van der Waals surface area contributed by atoms with E-state index in [2.05, 4.69) is 26.6 Å². The molecule has 108 valence electrons. The Kier molecular flexibility index (Phi) is 4.85. The highest BCUT2D eigenvalue weighted by Crippen LogP contribution is 2.25. The molecule has 1 aromatic rings. The summed E-state index contributed by atoms with van der Waals surface area (Å²) in [6.45, 7) is 0.293. The van der Waals surface area contributed by atoms with Crippen LogP contribution in [-0.2, 0) is 9.53 Å². The van der Waals surface area contributed by atoms with Crippen LogP contribution in [0.1, 0.15) is 0 Å². The van der Waals surface area contributed by atoms with Gasteiger partial charge in [-0.05, 0) is 34.1 Å². The average molecular weight is 364 g/mol. The minimum atomic E-state index is -0.984. The van der Waals surface area contributed by atoms with Gasteiger partial charge in [-0.2, -0.15) is 0 Å². The van der Waals surface area contributed by atoms with Crippen molar-refractivity contribution >= 4 is 45.2 Å². The zero-order valence-electron chi connectivity index (χ0n) is 10.2. The highest BCUT2D eigenvalue weighted by molar-refractivity contribution is 9.10. The van der Waals surface area contributed by atoms with Gasteiger partial charge < -0.3 is 20.5 Å². The monoisotopic (exact) mass is 362 g/mol. The topological polar surface area (TPSA) is 87.7 Å². The molecule has 0 bridgehead atoms. The summed E-state index contributed by atoms with van der Waals surface area (Å²) in [5.74, 6) is -1.71. The Labute approximate surface area is 128 Å². The lowest BCUT2D eigenvalue weighted by Crippen LogP contribution is -2.44. The number of benzene rings is 1. The SMILES string of the molecule is O=C(Nc1ccc(Cl)c(Br)c1)NC1COCC1C(=O)O. The maximum atomic E-state index is 11.8. The van der Waals surface area contributed by atoms with Gasteiger partial charge in [-0.15, -0.1) is 0 Å². The number of carbonyl (C=O) groups excluding carboxylic acids is 1. The zero-order valence-corrected chi connectivity index (χ0v) is 12.6. The maximum Gasteiger partial charge on any atom is 0.319 e. The van der Waals surface area contributed by atoms with E-state index in [4.69, 9.17) is 21.4 Å². The van der Waals surface area contributed by atoms with E-state index >= 15 is 0 Å². The molecule has 1 aliphatic rings. The van der Waals surface area contributed by atoms with Crippen LogP contribution in [-0.4, -0.2) is 36.4 Å². The van der Waals surface area contributed by atoms with E-state index in [-0.39, 0.29) is 13.2 Å². The van der Waals surface area contributed by atoms with Crippen molar-refractivity contribution in [1.82, 2.24) is 5.32 Å². The third-order valence-electron chi connectivity index (χ3n) is 2.89. The van der Waals surface area contributed by atoms with Crippen LogP contribution in [0.5, 0.6) is 0 Å². The van der Waals surface area contributed by atoms with E-state index in [1.54, 1.807) is 18.2 Å². The van der Waals surface area contributed by atoms with Crippen molar-refractivity contribution in [2.45, 2.75) is 6.04 Å². The third kappa shape index (κ3) is 3.62. The first kappa shape index (κ1) is 15.1. The van der Waals surface area contributed by atoms with Crippen molar-refractivity contribution in [3.05, 3.63) is 27.7 Å². The van der Waals surface area contributed by atoms with E-state index in [1.165, 1.54) is 0 Å². The van der Waals surface area contributed by atoms with Gasteiger partial charge in [0.1, 0.15) is 5.92 Å². The lowest BCUT2D eigenvalue weighted by atomic mass is 10.0. The van der Waals surface area contributed by atoms with Gasteiger partial charge in [0.25, 0.3) is 0 Å². The Morgan fingerprint density at radius 2 is 2.15 bits per heavy atom. The van der Waals surface area contributed by atoms with Crippen LogP contribution in [0.4, 0.5) is 10.5 Å². The number of amides is 2. The molecule has 1 saturated heterocycles. The number of carbonyl (C=O) groups is 2. The molecule has 20 heavy (non-hydrogen) atoms. The van der Waals surface area contributed by atoms with Gasteiger partial charge >= 0.3 is 12.0 Å². The largest absolute Gasteiger partial charge is 0.481 e. The van der Waals surface area contributed by atoms with Crippen molar-refractivity contribution in [3.63, 3.8) is 0 Å². The smallest absolute Gasteiger partial charge is 0.319 e. The molecular weight excluding hydrogens is 351 g/mol. The molecule has 1 aliphatic heterocycles. The predicted molar refractivity (Wildman–Crippen MR) is 77.0 cm³/mol. The molecule has 8 heteroatoms. The second-order valence-electron chi connectivity index (χ2n) is 4.32. The van der Waals surface area contributed by atoms with Gasteiger partial charge in [0.2, 0.25) is 0 Å². The van der Waals surface area contributed by atoms with Crippen LogP contribution < -0.4 is 10.6 Å². The molecule has 0 radical (unpaired) electrons. The van der Waals surface area contributed by atoms with Gasteiger partial charge in [-0.3, -0.25) is 4.79 Å². The van der Waals surface area contributed by atoms with Crippen molar-refractivity contribution < 1.29 is 19.4 Å². The Balaban J connectivity index is 1.95. The molecule has 2 atom stereocenters. The zero-order chi connectivity index (χ0) is 14.7. The number of anilines is 1. The molecule has 0 saturated carbocycles. The van der Waals surface area contributed by atoms with Gasteiger partial charge in [-0.25, -0.2) is 4.79 Å². The van der Waals surface area contributed by atoms with E-state index in [1.807, 2.05) is 0 Å². The molecule has 2 amide bonds. The third-order valence-corrected chi connectivity index (χ3v) is 4.11. The van der Waals surface area contributed by atoms with Crippen LogP contribution in [0.25, 0.3) is 0 Å². The molecular formula is C12H12BrClN2O4. The molecule has 1 aromatic carbocycles. The van der Waals surface area contributed by atoms with E-state index in [0.717, 1.165) is 0 Å². The van der Waals surface area contributed by atoms with Gasteiger partial charge in [0.05, 0.1) is 24.3 Å². The van der Waals surface area contributed by atoms with Crippen molar-refractivity contribution in [2.75, 3.05) is 18.5 Å². The Morgan fingerprint density at radius 3 is 2.80 bits per heavy atom. The Hall–Kier alpha value is -1.31. The molecule has 2 unspecified atom stereocenters. The molecule has 3 N–H and O–H groups in total. The fourth-order valence-corrected chi connectivity index (χ4v) is 2.35. The first-order valence-electron chi connectivity index (χ1n) is 5.80. The highest BCUT2D eigenvalue weighted by atomic mass is 79.9. The molecule has 2 rings (SSSR count). The summed E-state index contributed by atoms with van der Waals surface area (Å²) in [7, 11) is 0. The number of carboxylic acids is 1. The molecule has 0 aromatic heterocycles. The van der Waals surface area contributed by atoms with Crippen LogP contribution in [0, 0.1) is 5.92 Å². The average Bonchev–Trinajstić information content (AvgIpc) is 2.82. The van der Waals surface area contributed by atoms with E-state index in [9.17, 15) is 9.59 Å². The molecule has 0 aliphatic carbocycles. The summed E-state index contributed by atoms with van der Waals surface area (Å²) in [6.07, 6.45) is 0. The predicted octanol–water partition coefficient (Wildman–Crippen LogP) is 2.32. The number of urea groups is 1. The normalized spacial score (nSPS) is 21.5. The number of aliphatic carboxylic acids is 1. The second-order valence-corrected chi connectivity index (χ2v) is 5.58. The number of hydrogen-bond acceptors (Lipinski definition) is 3. The molecule has 0 spiro atoms. The number of nitrogens with one attached hydrogen (secondary N) is 2. The Morgan fingerprint density at radius 1 is 1.40 bits per heavy atom. The standard InChI is InChI=1S/C12H12BrClN2O4/c13-8-3-6(1-2-9(8)14)15-12(19)16-10-5-20-4-7(10)11(17)18/h1-3,7,10H,4-5H2,(H,17,18)(H2,15,16,19). The summed E-state index contributed by atoms with van der Waals surface area (Å²) in [5, 5.41) is 14.7. The fraction of sp³-hybridized carbons (Fsp3) is 0.333. The van der Waals surface area contributed by atoms with Crippen LogP contribution in [0.2, 0.25) is 5.02 Å². The van der Waals surface area contributed by atoms with E-state index < -0.39 is 24.0 Å². The fourth-order valence-electron chi connectivity index (χ4n) is 1.85. The van der Waals surface area contributed by atoms with Gasteiger partial charge in [-0.1, -0.05) is 11.6 Å². The minimum Gasteiger partial charge on any atom is -0.481 e. The summed E-state index contributed by atoms with van der Waals surface area (Å²) >= 11 is 9.10. The summed E-state index contributed by atoms with van der Waals surface area (Å²) in [6, 6.07) is 3.91. The first-order valence-corrected chi connectivity index (χ1v) is 6.97. The van der Waals surface area contributed by atoms with Crippen LogP contribution >= 0.6 is 27.5 Å². The molecule has 1 heterocycles. The number of ether oxygens (including phenoxy) is 1. The molecule has 6 nitrogen and oxygen atoms in total. The van der Waals surface area contributed by atoms with Gasteiger partial charge in [0, 0.05) is 10.2 Å². The minimum absolute atomic E-state index is 0.104. The van der Waals surface area contributed by atoms with Crippen LogP contribution in [0.3, 0.4) is 0 Å². The second kappa shape index (κ2) is 6.43. The van der Waals surface area contributed by atoms with Crippen molar-refractivity contribution in [3.8, 4) is 0 Å². The first-order chi connectivity index (χ1) is 9.47.